The highest BCUT2D eigenvalue weighted by Crippen LogP contribution is 2.21. The van der Waals surface area contributed by atoms with Gasteiger partial charge >= 0.3 is 0 Å². The molecule has 1 saturated heterocycles. The maximum Gasteiger partial charge on any atom is 0.226 e. The lowest BCUT2D eigenvalue weighted by Crippen LogP contribution is -3.00. The summed E-state index contributed by atoms with van der Waals surface area (Å²) in [6.45, 7) is 3.85. The first-order chi connectivity index (χ1) is 12.5. The number of carbonyl (C=O) groups is 1. The van der Waals surface area contributed by atoms with Crippen molar-refractivity contribution < 1.29 is 26.3 Å². The van der Waals surface area contributed by atoms with E-state index in [1.54, 1.807) is 19.0 Å². The third kappa shape index (κ3) is 17.9. The van der Waals surface area contributed by atoms with Crippen LogP contribution in [0.15, 0.2) is 0 Å². The molecule has 172 valence electrons. The van der Waals surface area contributed by atoms with Gasteiger partial charge in [-0.15, -0.1) is 0 Å². The second kappa shape index (κ2) is 19.9. The fraction of sp³-hybridized carbons (Fsp3) is 0.944. The van der Waals surface area contributed by atoms with E-state index < -0.39 is 0 Å². The van der Waals surface area contributed by atoms with Crippen molar-refractivity contribution in [1.82, 2.24) is 9.80 Å². The van der Waals surface area contributed by atoms with Gasteiger partial charge in [0.25, 0.3) is 0 Å². The number of halogens is 6. The minimum Gasteiger partial charge on any atom is -1.00 e. The normalized spacial score (nSPS) is 15.1. The molecule has 0 aromatic rings. The molecule has 28 heavy (non-hydrogen) atoms. The van der Waals surface area contributed by atoms with Gasteiger partial charge in [0.05, 0.1) is 39.0 Å². The highest BCUT2D eigenvalue weighted by atomic mass is 79.9. The second-order valence-corrected chi connectivity index (χ2v) is 11.2. The van der Waals surface area contributed by atoms with Gasteiger partial charge in [0.2, 0.25) is 5.91 Å². The Labute approximate surface area is 225 Å². The number of hydrogen-bond donors (Lipinski definition) is 0. The van der Waals surface area contributed by atoms with Gasteiger partial charge < -0.3 is 31.3 Å². The molecule has 0 bridgehead atoms. The second-order valence-electron chi connectivity index (χ2n) is 8.00. The lowest BCUT2D eigenvalue weighted by Gasteiger charge is -2.43. The first-order valence-corrected chi connectivity index (χ1v) is 14.6. The summed E-state index contributed by atoms with van der Waals surface area (Å²) in [5.41, 5.74) is 0. The van der Waals surface area contributed by atoms with Gasteiger partial charge in [-0.3, -0.25) is 4.79 Å². The van der Waals surface area contributed by atoms with E-state index in [1.807, 2.05) is 0 Å². The molecular weight excluding hydrogens is 754 g/mol. The van der Waals surface area contributed by atoms with E-state index in [-0.39, 0.29) is 28.8 Å². The summed E-state index contributed by atoms with van der Waals surface area (Å²) >= 11 is 16.9. The first-order valence-electron chi connectivity index (χ1n) is 8.95. The lowest BCUT2D eigenvalue weighted by atomic mass is 10.0. The number of nitrogens with zero attached hydrogens (tertiary/aromatic N) is 3. The molecular formula is C18H37Br6N3O. The number of likely N-dealkylation sites (tertiary alicyclic amines) is 1. The van der Waals surface area contributed by atoms with E-state index in [0.29, 0.717) is 0 Å². The zero-order valence-electron chi connectivity index (χ0n) is 17.9. The van der Waals surface area contributed by atoms with E-state index in [9.17, 15) is 4.79 Å². The molecule has 1 fully saturated rings. The Bertz CT molecular complexity index is 370. The number of carbonyl (C=O) groups excluding carboxylic acids is 1. The highest BCUT2D eigenvalue weighted by Gasteiger charge is 2.35. The number of rotatable bonds is 8. The predicted molar refractivity (Wildman–Crippen MR) is 139 cm³/mol. The fourth-order valence-corrected chi connectivity index (χ4v) is 6.15. The van der Waals surface area contributed by atoms with Gasteiger partial charge in [-0.05, 0) is 20.0 Å². The summed E-state index contributed by atoms with van der Waals surface area (Å²) < 4.78 is 1.22. The maximum atomic E-state index is 11.2. The van der Waals surface area contributed by atoms with Gasteiger partial charge in [-0.25, -0.2) is 0 Å². The van der Waals surface area contributed by atoms with E-state index in [2.05, 4.69) is 113 Å². The Balaban J connectivity index is -0.000000330. The monoisotopic (exact) mass is 785 g/mol. The van der Waals surface area contributed by atoms with Crippen molar-refractivity contribution in [3.63, 3.8) is 0 Å². The summed E-state index contributed by atoms with van der Waals surface area (Å²) in [5.74, 6) is 1.91. The van der Waals surface area contributed by atoms with Crippen LogP contribution in [0.5, 0.6) is 0 Å². The molecule has 1 aliphatic rings. The Morgan fingerprint density at radius 1 is 0.929 bits per heavy atom. The number of quaternary nitrogens is 1. The summed E-state index contributed by atoms with van der Waals surface area (Å²) in [6, 6.07) is 0. The number of hydrogen-bond acceptors (Lipinski definition) is 2. The molecule has 0 unspecified atom stereocenters. The van der Waals surface area contributed by atoms with Crippen LogP contribution in [0.25, 0.3) is 0 Å². The molecule has 0 spiro atoms. The SMILES string of the molecule is CN(C)C(=O)C(CBr)CBr.CN(C)CC(CBr)CBr.C[N+]1(C)CC(CBr)C1.[Br-]. The molecule has 0 N–H and O–H groups in total. The summed E-state index contributed by atoms with van der Waals surface area (Å²) in [4.78, 5) is 15.0. The summed E-state index contributed by atoms with van der Waals surface area (Å²) in [7, 11) is 12.3. The predicted octanol–water partition coefficient (Wildman–Crippen LogP) is 1.53. The zero-order valence-corrected chi connectivity index (χ0v) is 27.4. The largest absolute Gasteiger partial charge is 1.00 e. The average molecular weight is 791 g/mol. The average Bonchev–Trinajstić information content (AvgIpc) is 2.59. The lowest BCUT2D eigenvalue weighted by molar-refractivity contribution is -0.937. The third-order valence-corrected chi connectivity index (χ3v) is 8.26. The van der Waals surface area contributed by atoms with Crippen LogP contribution in [-0.4, -0.2) is 109 Å². The van der Waals surface area contributed by atoms with Crippen molar-refractivity contribution in [2.45, 2.75) is 0 Å². The highest BCUT2D eigenvalue weighted by molar-refractivity contribution is 9.10. The molecule has 4 nitrogen and oxygen atoms in total. The first kappa shape index (κ1) is 34.9. The summed E-state index contributed by atoms with van der Waals surface area (Å²) in [6.07, 6.45) is 0. The smallest absolute Gasteiger partial charge is 0.226 e. The minimum atomic E-state index is 0. The summed E-state index contributed by atoms with van der Waals surface area (Å²) in [5, 5.41) is 4.78. The molecule has 10 heteroatoms. The Morgan fingerprint density at radius 2 is 1.36 bits per heavy atom. The molecule has 0 saturated carbocycles. The molecule has 1 aliphatic heterocycles. The zero-order chi connectivity index (χ0) is 21.6. The van der Waals surface area contributed by atoms with E-state index in [0.717, 1.165) is 39.7 Å². The molecule has 1 amide bonds. The quantitative estimate of drug-likeness (QED) is 0.276. The van der Waals surface area contributed by atoms with E-state index in [4.69, 9.17) is 0 Å². The van der Waals surface area contributed by atoms with Crippen LogP contribution in [0, 0.1) is 17.8 Å². The number of amides is 1. The topological polar surface area (TPSA) is 23.6 Å². The Hall–Kier alpha value is 2.27. The van der Waals surface area contributed by atoms with E-state index in [1.165, 1.54) is 22.9 Å². The van der Waals surface area contributed by atoms with E-state index >= 15 is 0 Å². The van der Waals surface area contributed by atoms with Gasteiger partial charge in [0.1, 0.15) is 0 Å². The third-order valence-electron chi connectivity index (χ3n) is 3.95. The van der Waals surface area contributed by atoms with Crippen molar-refractivity contribution in [2.24, 2.45) is 17.8 Å². The van der Waals surface area contributed by atoms with Gasteiger partial charge in [0, 0.05) is 47.3 Å². The van der Waals surface area contributed by atoms with Crippen molar-refractivity contribution in [3.05, 3.63) is 0 Å². The van der Waals surface area contributed by atoms with Crippen molar-refractivity contribution in [3.8, 4) is 0 Å². The number of alkyl halides is 5. The van der Waals surface area contributed by atoms with Crippen LogP contribution in [-0.2, 0) is 4.79 Å². The fourth-order valence-electron chi connectivity index (χ4n) is 2.64. The van der Waals surface area contributed by atoms with Crippen molar-refractivity contribution in [2.75, 3.05) is 88.6 Å². The maximum absolute atomic E-state index is 11.2. The standard InChI is InChI=1S/C6H11Br2NO.C6H13Br2N.C6H13BrN.BrH/c1-9(2)6(10)5(3-7)4-8;1-9(2)5-6(3-7)4-8;1-8(2)4-6(3-7)5-8;/h5H,3-4H2,1-2H3;6H,3-5H2,1-2H3;6H,3-5H2,1-2H3;1H/q;;+1;/p-1. The van der Waals surface area contributed by atoms with Gasteiger partial charge in [0.15, 0.2) is 0 Å². The Kier molecular flexibility index (Phi) is 24.8. The van der Waals surface area contributed by atoms with Crippen molar-refractivity contribution in [1.29, 1.82) is 0 Å². The van der Waals surface area contributed by atoms with Crippen LogP contribution >= 0.6 is 79.6 Å². The van der Waals surface area contributed by atoms with Gasteiger partial charge in [-0.2, -0.15) is 0 Å². The molecule has 0 radical (unpaired) electrons. The van der Waals surface area contributed by atoms with Crippen LogP contribution in [0.2, 0.25) is 0 Å². The van der Waals surface area contributed by atoms with Crippen LogP contribution in [0.4, 0.5) is 0 Å². The molecule has 0 atom stereocenters. The van der Waals surface area contributed by atoms with Crippen molar-refractivity contribution >= 4 is 85.6 Å². The van der Waals surface area contributed by atoms with Crippen LogP contribution < -0.4 is 17.0 Å². The minimum absolute atomic E-state index is 0. The molecule has 1 rings (SSSR count). The molecule has 0 aliphatic carbocycles. The van der Waals surface area contributed by atoms with Crippen LogP contribution in [0.3, 0.4) is 0 Å². The molecule has 0 aromatic carbocycles. The molecule has 0 aromatic heterocycles. The Morgan fingerprint density at radius 3 is 1.46 bits per heavy atom. The van der Waals surface area contributed by atoms with Crippen LogP contribution in [0.1, 0.15) is 0 Å². The van der Waals surface area contributed by atoms with Gasteiger partial charge in [-0.1, -0.05) is 79.6 Å². The molecule has 1 heterocycles.